The normalized spacial score (nSPS) is 16.4. The fourth-order valence-electron chi connectivity index (χ4n) is 4.24. The van der Waals surface area contributed by atoms with Gasteiger partial charge < -0.3 is 13.6 Å². The molecule has 1 saturated heterocycles. The molecule has 1 aliphatic rings. The average Bonchev–Trinajstić information content (AvgIpc) is 3.14. The smallest absolute Gasteiger partial charge is 0.262 e. The van der Waals surface area contributed by atoms with E-state index in [2.05, 4.69) is 30.1 Å². The molecule has 0 radical (unpaired) electrons. The van der Waals surface area contributed by atoms with Crippen molar-refractivity contribution >= 4 is 10.4 Å². The van der Waals surface area contributed by atoms with E-state index in [1.54, 1.807) is 11.0 Å². The van der Waals surface area contributed by atoms with E-state index in [-0.39, 0.29) is 5.75 Å². The number of para-hydroxylation sites is 1. The van der Waals surface area contributed by atoms with Crippen molar-refractivity contribution < 1.29 is 22.1 Å². The highest BCUT2D eigenvalue weighted by Crippen LogP contribution is 2.22. The van der Waals surface area contributed by atoms with Crippen molar-refractivity contribution in [2.24, 2.45) is 0 Å². The molecule has 1 heterocycles. The van der Waals surface area contributed by atoms with Crippen LogP contribution in [0.15, 0.2) is 24.3 Å². The van der Waals surface area contributed by atoms with Gasteiger partial charge in [0.05, 0.1) is 20.1 Å². The molecule has 0 bridgehead atoms. The highest BCUT2D eigenvalue weighted by molar-refractivity contribution is 7.81. The van der Waals surface area contributed by atoms with E-state index in [9.17, 15) is 13.0 Å². The van der Waals surface area contributed by atoms with Crippen molar-refractivity contribution in [3.05, 3.63) is 29.8 Å². The van der Waals surface area contributed by atoms with Crippen LogP contribution in [0, 0.1) is 0 Å². The molecule has 2 rings (SSSR count). The zero-order valence-corrected chi connectivity index (χ0v) is 22.1. The fraction of sp³-hybridized carbons (Fsp3) is 0.769. The third-order valence-electron chi connectivity index (χ3n) is 6.17. The van der Waals surface area contributed by atoms with Gasteiger partial charge in [-0.25, -0.2) is 8.42 Å². The summed E-state index contributed by atoms with van der Waals surface area (Å²) in [4.78, 5) is 3.97. The van der Waals surface area contributed by atoms with E-state index >= 15 is 0 Å². The van der Waals surface area contributed by atoms with Crippen LogP contribution in [0.4, 0.5) is 0 Å². The van der Waals surface area contributed by atoms with E-state index in [0.29, 0.717) is 0 Å². The maximum atomic E-state index is 10.8. The van der Waals surface area contributed by atoms with Gasteiger partial charge in [0.15, 0.2) is 0 Å². The molecule has 1 aromatic rings. The summed E-state index contributed by atoms with van der Waals surface area (Å²) in [5, 5.41) is 0. The Morgan fingerprint density at radius 1 is 0.909 bits per heavy atom. The molecular weight excluding hydrogens is 436 g/mol. The van der Waals surface area contributed by atoms with E-state index in [4.69, 9.17) is 0 Å². The number of nitrogens with zero attached hydrogens (tertiary/aromatic N) is 1. The van der Waals surface area contributed by atoms with Crippen molar-refractivity contribution in [2.45, 2.75) is 96.8 Å². The van der Waals surface area contributed by atoms with Gasteiger partial charge in [0.25, 0.3) is 10.4 Å². The number of hydrogen-bond donors (Lipinski definition) is 1. The summed E-state index contributed by atoms with van der Waals surface area (Å²) in [6, 6.07) is 6.86. The molecule has 7 heteroatoms. The maximum Gasteiger partial charge on any atom is 0.262 e. The first-order valence-electron chi connectivity index (χ1n) is 13.0. The predicted octanol–water partition coefficient (Wildman–Crippen LogP) is 4.56. The van der Waals surface area contributed by atoms with Crippen LogP contribution in [0.3, 0.4) is 0 Å². The first kappa shape index (κ1) is 29.9. The first-order valence-corrected chi connectivity index (χ1v) is 14.4. The van der Waals surface area contributed by atoms with Gasteiger partial charge >= 0.3 is 0 Å². The number of hydrogen-bond acceptors (Lipinski definition) is 5. The van der Waals surface area contributed by atoms with Crippen LogP contribution in [-0.2, 0) is 16.8 Å². The van der Waals surface area contributed by atoms with E-state index < -0.39 is 10.4 Å². The van der Waals surface area contributed by atoms with Gasteiger partial charge in [-0.3, -0.25) is 4.90 Å². The summed E-state index contributed by atoms with van der Waals surface area (Å²) in [5.74, 6) is 0.168. The molecule has 0 amide bonds. The minimum Gasteiger partial charge on any atom is -0.716 e. The van der Waals surface area contributed by atoms with Crippen molar-refractivity contribution in [1.82, 2.24) is 4.90 Å². The predicted molar refractivity (Wildman–Crippen MR) is 135 cm³/mol. The fourth-order valence-corrected chi connectivity index (χ4v) is 4.62. The first-order chi connectivity index (χ1) is 15.8. The molecule has 1 fully saturated rings. The Hall–Kier alpha value is -1.15. The lowest BCUT2D eigenvalue weighted by molar-refractivity contribution is -0.870. The minimum absolute atomic E-state index is 0.168. The van der Waals surface area contributed by atoms with Crippen LogP contribution in [0.2, 0.25) is 0 Å². The number of aryl methyl sites for hydroxylation is 1. The molecule has 1 aliphatic heterocycles. The summed E-state index contributed by atoms with van der Waals surface area (Å²) < 4.78 is 36.8. The third-order valence-corrected chi connectivity index (χ3v) is 6.56. The number of benzene rings is 1. The third kappa shape index (κ3) is 17.0. The SMILES string of the molecule is CCCCCCCCCCCCCCCc1ccccc1OS(=O)(=O)[O-].CN1CC[NH+](C)C1. The Labute approximate surface area is 203 Å². The van der Waals surface area contributed by atoms with Crippen molar-refractivity contribution in [2.75, 3.05) is 33.9 Å². The molecule has 1 unspecified atom stereocenters. The van der Waals surface area contributed by atoms with Gasteiger partial charge in [-0.05, 0) is 31.5 Å². The molecule has 0 aliphatic carbocycles. The van der Waals surface area contributed by atoms with Gasteiger partial charge in [0.2, 0.25) is 0 Å². The Balaban J connectivity index is 0.000000657. The minimum atomic E-state index is -4.71. The molecule has 0 saturated carbocycles. The average molecular weight is 485 g/mol. The Bertz CT molecular complexity index is 704. The Morgan fingerprint density at radius 3 is 1.85 bits per heavy atom. The molecule has 1 atom stereocenters. The second-order valence-corrected chi connectivity index (χ2v) is 10.5. The Kier molecular flexibility index (Phi) is 16.5. The summed E-state index contributed by atoms with van der Waals surface area (Å²) in [5.41, 5.74) is 0.787. The van der Waals surface area contributed by atoms with E-state index in [1.807, 2.05) is 12.1 Å². The number of quaternary nitrogens is 1. The maximum absolute atomic E-state index is 10.8. The lowest BCUT2D eigenvalue weighted by Crippen LogP contribution is -3.07. The number of likely N-dealkylation sites (N-methyl/N-ethyl adjacent to an activating group) is 2. The van der Waals surface area contributed by atoms with Crippen LogP contribution in [0.1, 0.15) is 96.0 Å². The van der Waals surface area contributed by atoms with E-state index in [0.717, 1.165) is 24.8 Å². The lowest BCUT2D eigenvalue weighted by atomic mass is 10.0. The molecule has 1 N–H and O–H groups in total. The number of nitrogens with one attached hydrogen (secondary N) is 1. The summed E-state index contributed by atoms with van der Waals surface area (Å²) in [6.07, 6.45) is 17.6. The standard InChI is InChI=1S/C21H36O4S.C5H12N2/c1-2-3-4-5-6-7-8-9-10-11-12-13-14-17-20-18-15-16-19-21(20)25-26(22,23)24;1-6-3-4-7(2)5-6/h15-16,18-19H,2-14,17H2,1H3,(H,22,23,24);3-5H2,1-2H3. The topological polar surface area (TPSA) is 74.1 Å². The van der Waals surface area contributed by atoms with Crippen LogP contribution < -0.4 is 9.08 Å². The number of unbranched alkanes of at least 4 members (excludes halogenated alkanes) is 12. The van der Waals surface area contributed by atoms with E-state index in [1.165, 1.54) is 96.5 Å². The van der Waals surface area contributed by atoms with Gasteiger partial charge in [-0.15, -0.1) is 0 Å². The monoisotopic (exact) mass is 484 g/mol. The second kappa shape index (κ2) is 18.2. The molecule has 0 spiro atoms. The summed E-state index contributed by atoms with van der Waals surface area (Å²) in [7, 11) is -0.318. The zero-order valence-electron chi connectivity index (χ0n) is 21.3. The largest absolute Gasteiger partial charge is 0.716 e. The lowest BCUT2D eigenvalue weighted by Gasteiger charge is -2.13. The molecule has 6 nitrogen and oxygen atoms in total. The van der Waals surface area contributed by atoms with Gasteiger partial charge in [0.1, 0.15) is 12.4 Å². The van der Waals surface area contributed by atoms with Crippen molar-refractivity contribution in [3.8, 4) is 5.75 Å². The molecular formula is C26H48N2O4S. The Morgan fingerprint density at radius 2 is 1.42 bits per heavy atom. The molecule has 0 aromatic heterocycles. The van der Waals surface area contributed by atoms with Crippen molar-refractivity contribution in [1.29, 1.82) is 0 Å². The quantitative estimate of drug-likeness (QED) is 0.211. The molecule has 1 aromatic carbocycles. The molecule has 33 heavy (non-hydrogen) atoms. The van der Waals surface area contributed by atoms with Crippen molar-refractivity contribution in [3.63, 3.8) is 0 Å². The van der Waals surface area contributed by atoms with Crippen LogP contribution in [0.5, 0.6) is 5.75 Å². The van der Waals surface area contributed by atoms with Crippen LogP contribution >= 0.6 is 0 Å². The highest BCUT2D eigenvalue weighted by Gasteiger charge is 2.14. The summed E-state index contributed by atoms with van der Waals surface area (Å²) in [6.45, 7) is 6.06. The summed E-state index contributed by atoms with van der Waals surface area (Å²) >= 11 is 0. The van der Waals surface area contributed by atoms with Crippen LogP contribution in [-0.4, -0.2) is 51.7 Å². The van der Waals surface area contributed by atoms with Gasteiger partial charge in [-0.1, -0.05) is 102 Å². The van der Waals surface area contributed by atoms with Crippen LogP contribution in [0.25, 0.3) is 0 Å². The highest BCUT2D eigenvalue weighted by atomic mass is 32.3. The number of rotatable bonds is 16. The molecule has 192 valence electrons. The zero-order chi connectivity index (χ0) is 24.4. The van der Waals surface area contributed by atoms with Gasteiger partial charge in [0, 0.05) is 0 Å². The van der Waals surface area contributed by atoms with Gasteiger partial charge in [-0.2, -0.15) is 0 Å². The second-order valence-electron chi connectivity index (χ2n) is 9.54.